The molecule has 214 valence electrons. The van der Waals surface area contributed by atoms with Crippen LogP contribution in [0.3, 0.4) is 0 Å². The van der Waals surface area contributed by atoms with E-state index in [4.69, 9.17) is 23.2 Å². The Balaban J connectivity index is 2.14. The van der Waals surface area contributed by atoms with E-state index in [-0.39, 0.29) is 23.4 Å². The van der Waals surface area contributed by atoms with Crippen LogP contribution in [-0.2, 0) is 26.2 Å². The number of nitrogens with zero attached hydrogens (tertiary/aromatic N) is 2. The summed E-state index contributed by atoms with van der Waals surface area (Å²) in [6.45, 7) is 8.49. The monoisotopic (exact) mass is 603 g/mol. The SMILES string of the molecule is CCC(C(=O)NC(C)C)N(Cc1c(Cl)cccc1Cl)C(=O)CN(c1cc(C)ccc1C)S(=O)(=O)c1ccccc1. The van der Waals surface area contributed by atoms with Gasteiger partial charge in [-0.25, -0.2) is 8.42 Å². The average molecular weight is 605 g/mol. The number of hydrogen-bond acceptors (Lipinski definition) is 4. The number of amides is 2. The fourth-order valence-electron chi connectivity index (χ4n) is 4.38. The zero-order valence-electron chi connectivity index (χ0n) is 23.3. The minimum Gasteiger partial charge on any atom is -0.352 e. The highest BCUT2D eigenvalue weighted by atomic mass is 35.5. The number of aryl methyl sites for hydroxylation is 2. The summed E-state index contributed by atoms with van der Waals surface area (Å²) >= 11 is 12.9. The topological polar surface area (TPSA) is 86.8 Å². The van der Waals surface area contributed by atoms with Gasteiger partial charge in [-0.05, 0) is 75.6 Å². The number of benzene rings is 3. The van der Waals surface area contributed by atoms with E-state index in [2.05, 4.69) is 5.32 Å². The highest BCUT2D eigenvalue weighted by Crippen LogP contribution is 2.30. The molecule has 3 aromatic carbocycles. The molecule has 3 rings (SSSR count). The molecule has 0 aliphatic carbocycles. The Labute approximate surface area is 247 Å². The Morgan fingerprint density at radius 1 is 0.925 bits per heavy atom. The van der Waals surface area contributed by atoms with Crippen LogP contribution in [0.5, 0.6) is 0 Å². The molecule has 0 aliphatic heterocycles. The molecule has 0 saturated carbocycles. The number of carbonyl (C=O) groups is 2. The van der Waals surface area contributed by atoms with Crippen molar-refractivity contribution in [2.45, 2.75) is 64.6 Å². The molecular weight excluding hydrogens is 569 g/mol. The number of hydrogen-bond donors (Lipinski definition) is 1. The molecule has 0 radical (unpaired) electrons. The van der Waals surface area contributed by atoms with Gasteiger partial charge in [0.1, 0.15) is 12.6 Å². The predicted molar refractivity (Wildman–Crippen MR) is 161 cm³/mol. The lowest BCUT2D eigenvalue weighted by molar-refractivity contribution is -0.140. The first kappa shape index (κ1) is 31.5. The first-order valence-corrected chi connectivity index (χ1v) is 15.2. The smallest absolute Gasteiger partial charge is 0.264 e. The Bertz CT molecular complexity index is 1440. The Morgan fingerprint density at radius 2 is 1.55 bits per heavy atom. The number of carbonyl (C=O) groups excluding carboxylic acids is 2. The second-order valence-electron chi connectivity index (χ2n) is 9.92. The summed E-state index contributed by atoms with van der Waals surface area (Å²) < 4.78 is 29.1. The summed E-state index contributed by atoms with van der Waals surface area (Å²) in [6.07, 6.45) is 0.293. The molecule has 3 aromatic rings. The van der Waals surface area contributed by atoms with Crippen LogP contribution in [-0.4, -0.2) is 43.8 Å². The predicted octanol–water partition coefficient (Wildman–Crippen LogP) is 6.14. The van der Waals surface area contributed by atoms with Crippen molar-refractivity contribution in [2.24, 2.45) is 0 Å². The molecule has 0 spiro atoms. The van der Waals surface area contributed by atoms with Crippen LogP contribution in [0.4, 0.5) is 5.69 Å². The van der Waals surface area contributed by atoms with Crippen LogP contribution in [0, 0.1) is 13.8 Å². The van der Waals surface area contributed by atoms with E-state index < -0.39 is 28.5 Å². The minimum absolute atomic E-state index is 0.0500. The van der Waals surface area contributed by atoms with E-state index in [9.17, 15) is 18.0 Å². The van der Waals surface area contributed by atoms with Crippen LogP contribution in [0.15, 0.2) is 71.6 Å². The summed E-state index contributed by atoms with van der Waals surface area (Å²) in [5.41, 5.74) is 2.37. The maximum Gasteiger partial charge on any atom is 0.264 e. The fraction of sp³-hybridized carbons (Fsp3) is 0.333. The van der Waals surface area contributed by atoms with Gasteiger partial charge in [-0.2, -0.15) is 0 Å². The fourth-order valence-corrected chi connectivity index (χ4v) is 6.38. The molecule has 0 saturated heterocycles. The maximum absolute atomic E-state index is 14.2. The molecular formula is C30H35Cl2N3O4S. The lowest BCUT2D eigenvalue weighted by atomic mass is 10.1. The number of nitrogens with one attached hydrogen (secondary N) is 1. The molecule has 0 heterocycles. The summed E-state index contributed by atoms with van der Waals surface area (Å²) in [6, 6.07) is 17.3. The van der Waals surface area contributed by atoms with Gasteiger partial charge in [0.2, 0.25) is 11.8 Å². The van der Waals surface area contributed by atoms with Gasteiger partial charge in [-0.1, -0.05) is 66.5 Å². The molecule has 1 unspecified atom stereocenters. The third-order valence-corrected chi connectivity index (χ3v) is 8.93. The Hall–Kier alpha value is -3.07. The van der Waals surface area contributed by atoms with E-state index in [0.717, 1.165) is 9.87 Å². The van der Waals surface area contributed by atoms with Gasteiger partial charge >= 0.3 is 0 Å². The summed E-state index contributed by atoms with van der Waals surface area (Å²) in [7, 11) is -4.15. The van der Waals surface area contributed by atoms with Crippen molar-refractivity contribution in [3.63, 3.8) is 0 Å². The average Bonchev–Trinajstić information content (AvgIpc) is 2.90. The highest BCUT2D eigenvalue weighted by Gasteiger charge is 2.34. The third-order valence-electron chi connectivity index (χ3n) is 6.45. The largest absolute Gasteiger partial charge is 0.352 e. The summed E-state index contributed by atoms with van der Waals surface area (Å²) in [5.74, 6) is -0.916. The van der Waals surface area contributed by atoms with Crippen molar-refractivity contribution >= 4 is 50.7 Å². The van der Waals surface area contributed by atoms with E-state index in [1.54, 1.807) is 56.3 Å². The van der Waals surface area contributed by atoms with Crippen molar-refractivity contribution in [1.82, 2.24) is 10.2 Å². The standard InChI is InChI=1S/C30H35Cl2N3O4S/c1-6-27(30(37)33-20(2)3)34(18-24-25(31)13-10-14-26(24)32)29(36)19-35(28-17-21(4)15-16-22(28)5)40(38,39)23-11-8-7-9-12-23/h7-17,20,27H,6,18-19H2,1-5H3,(H,33,37). The lowest BCUT2D eigenvalue weighted by Crippen LogP contribution is -2.53. The Kier molecular flexibility index (Phi) is 10.6. The van der Waals surface area contributed by atoms with Gasteiger partial charge in [0.25, 0.3) is 10.0 Å². The number of rotatable bonds is 11. The van der Waals surface area contributed by atoms with Crippen molar-refractivity contribution < 1.29 is 18.0 Å². The van der Waals surface area contributed by atoms with Gasteiger partial charge in [-0.3, -0.25) is 13.9 Å². The molecule has 40 heavy (non-hydrogen) atoms. The van der Waals surface area contributed by atoms with Crippen LogP contribution >= 0.6 is 23.2 Å². The van der Waals surface area contributed by atoms with E-state index in [1.807, 2.05) is 32.9 Å². The van der Waals surface area contributed by atoms with Crippen molar-refractivity contribution in [1.29, 1.82) is 0 Å². The van der Waals surface area contributed by atoms with Gasteiger partial charge < -0.3 is 10.2 Å². The molecule has 1 N–H and O–H groups in total. The van der Waals surface area contributed by atoms with Crippen LogP contribution < -0.4 is 9.62 Å². The highest BCUT2D eigenvalue weighted by molar-refractivity contribution is 7.92. The zero-order chi connectivity index (χ0) is 29.6. The first-order valence-electron chi connectivity index (χ1n) is 13.0. The number of sulfonamides is 1. The summed E-state index contributed by atoms with van der Waals surface area (Å²) in [4.78, 5) is 28.8. The molecule has 0 bridgehead atoms. The molecule has 0 aromatic heterocycles. The van der Waals surface area contributed by atoms with Crippen LogP contribution in [0.1, 0.15) is 43.9 Å². The van der Waals surface area contributed by atoms with Crippen molar-refractivity contribution in [3.05, 3.63) is 93.5 Å². The van der Waals surface area contributed by atoms with Gasteiger partial charge in [-0.15, -0.1) is 0 Å². The van der Waals surface area contributed by atoms with Crippen molar-refractivity contribution in [3.8, 4) is 0 Å². The molecule has 0 fully saturated rings. The van der Waals surface area contributed by atoms with Gasteiger partial charge in [0.05, 0.1) is 10.6 Å². The molecule has 7 nitrogen and oxygen atoms in total. The van der Waals surface area contributed by atoms with E-state index in [0.29, 0.717) is 33.3 Å². The van der Waals surface area contributed by atoms with Crippen LogP contribution in [0.2, 0.25) is 10.0 Å². The molecule has 10 heteroatoms. The first-order chi connectivity index (χ1) is 18.9. The summed E-state index contributed by atoms with van der Waals surface area (Å²) in [5, 5.41) is 3.55. The molecule has 0 aliphatic rings. The minimum atomic E-state index is -4.15. The van der Waals surface area contributed by atoms with Crippen LogP contribution in [0.25, 0.3) is 0 Å². The van der Waals surface area contributed by atoms with Gasteiger partial charge in [0.15, 0.2) is 0 Å². The normalized spacial score (nSPS) is 12.2. The molecule has 1 atom stereocenters. The Morgan fingerprint density at radius 3 is 2.12 bits per heavy atom. The van der Waals surface area contributed by atoms with E-state index in [1.165, 1.54) is 17.0 Å². The van der Waals surface area contributed by atoms with E-state index >= 15 is 0 Å². The number of anilines is 1. The van der Waals surface area contributed by atoms with Gasteiger partial charge in [0, 0.05) is 28.2 Å². The second kappa shape index (κ2) is 13.5. The second-order valence-corrected chi connectivity index (χ2v) is 12.6. The zero-order valence-corrected chi connectivity index (χ0v) is 25.6. The quantitative estimate of drug-likeness (QED) is 0.285. The molecule has 2 amide bonds. The maximum atomic E-state index is 14.2. The van der Waals surface area contributed by atoms with Crippen molar-refractivity contribution in [2.75, 3.05) is 10.8 Å². The third kappa shape index (κ3) is 7.36. The number of halogens is 2. The lowest BCUT2D eigenvalue weighted by Gasteiger charge is -2.34.